The summed E-state index contributed by atoms with van der Waals surface area (Å²) < 4.78 is 0. The van der Waals surface area contributed by atoms with Crippen LogP contribution in [0.2, 0.25) is 0 Å². The molecule has 0 saturated heterocycles. The normalized spacial score (nSPS) is 13.8. The van der Waals surface area contributed by atoms with Gasteiger partial charge < -0.3 is 10.4 Å². The summed E-state index contributed by atoms with van der Waals surface area (Å²) in [5.74, 6) is -0.855. The minimum atomic E-state index is -0.878. The molecule has 2 N–H and O–H groups in total. The zero-order chi connectivity index (χ0) is 14.4. The molecule has 2 atom stereocenters. The summed E-state index contributed by atoms with van der Waals surface area (Å²) in [5.41, 5.74) is 0.848. The largest absolute Gasteiger partial charge is 0.480 e. The first-order chi connectivity index (χ1) is 8.95. The molecule has 0 saturated carbocycles. The number of carboxylic acids is 1. The molecule has 0 heterocycles. The Hall–Kier alpha value is -1.95. The molecule has 1 rings (SSSR count). The Morgan fingerprint density at radius 1 is 1.42 bits per heavy atom. The maximum absolute atomic E-state index is 11.1. The van der Waals surface area contributed by atoms with E-state index in [4.69, 9.17) is 5.11 Å². The lowest BCUT2D eigenvalue weighted by Crippen LogP contribution is -2.41. The van der Waals surface area contributed by atoms with Crippen LogP contribution in [0, 0.1) is 16.0 Å². The van der Waals surface area contributed by atoms with Crippen LogP contribution in [0.1, 0.15) is 25.8 Å². The average Bonchev–Trinajstić information content (AvgIpc) is 2.38. The number of nitrogens with one attached hydrogen (secondary N) is 1. The monoisotopic (exact) mass is 266 g/mol. The van der Waals surface area contributed by atoms with E-state index in [0.29, 0.717) is 6.54 Å². The molecular weight excluding hydrogens is 248 g/mol. The van der Waals surface area contributed by atoms with Crippen LogP contribution in [-0.4, -0.2) is 22.0 Å². The number of hydrogen-bond donors (Lipinski definition) is 2. The number of rotatable bonds is 7. The molecule has 0 aliphatic carbocycles. The molecule has 0 radical (unpaired) electrons. The minimum Gasteiger partial charge on any atom is -0.480 e. The van der Waals surface area contributed by atoms with Crippen LogP contribution in [-0.2, 0) is 11.3 Å². The van der Waals surface area contributed by atoms with E-state index < -0.39 is 16.9 Å². The van der Waals surface area contributed by atoms with Crippen molar-refractivity contribution in [3.63, 3.8) is 0 Å². The van der Waals surface area contributed by atoms with Crippen molar-refractivity contribution in [2.75, 3.05) is 0 Å². The van der Waals surface area contributed by atoms with E-state index in [-0.39, 0.29) is 11.6 Å². The molecular formula is C13H18N2O4. The second-order valence-electron chi connectivity index (χ2n) is 4.51. The first-order valence-corrected chi connectivity index (χ1v) is 6.15. The number of benzene rings is 1. The van der Waals surface area contributed by atoms with Gasteiger partial charge in [0.25, 0.3) is 5.69 Å². The van der Waals surface area contributed by atoms with Crippen molar-refractivity contribution >= 4 is 11.7 Å². The van der Waals surface area contributed by atoms with Gasteiger partial charge in [0, 0.05) is 18.7 Å². The molecule has 19 heavy (non-hydrogen) atoms. The summed E-state index contributed by atoms with van der Waals surface area (Å²) in [7, 11) is 0. The molecule has 104 valence electrons. The quantitative estimate of drug-likeness (QED) is 0.583. The first kappa shape index (κ1) is 15.1. The predicted molar refractivity (Wildman–Crippen MR) is 70.8 cm³/mol. The number of nitrogens with zero attached hydrogens (tertiary/aromatic N) is 1. The third kappa shape index (κ3) is 4.33. The van der Waals surface area contributed by atoms with Crippen molar-refractivity contribution in [2.45, 2.75) is 32.9 Å². The van der Waals surface area contributed by atoms with Crippen LogP contribution in [0.5, 0.6) is 0 Å². The second kappa shape index (κ2) is 6.84. The Bertz CT molecular complexity index is 444. The highest BCUT2D eigenvalue weighted by Gasteiger charge is 2.22. The lowest BCUT2D eigenvalue weighted by atomic mass is 9.99. The van der Waals surface area contributed by atoms with Crippen LogP contribution in [0.4, 0.5) is 5.69 Å². The molecule has 0 aromatic heterocycles. The third-order valence-electron chi connectivity index (χ3n) is 3.15. The van der Waals surface area contributed by atoms with Gasteiger partial charge in [0.1, 0.15) is 6.04 Å². The molecule has 1 aromatic carbocycles. The number of carbonyl (C=O) groups is 1. The highest BCUT2D eigenvalue weighted by Crippen LogP contribution is 2.13. The molecule has 1 aromatic rings. The van der Waals surface area contributed by atoms with E-state index in [2.05, 4.69) is 5.32 Å². The molecule has 6 heteroatoms. The van der Waals surface area contributed by atoms with Gasteiger partial charge in [-0.1, -0.05) is 32.4 Å². The van der Waals surface area contributed by atoms with Crippen LogP contribution >= 0.6 is 0 Å². The van der Waals surface area contributed by atoms with Gasteiger partial charge in [-0.25, -0.2) is 0 Å². The molecule has 0 bridgehead atoms. The predicted octanol–water partition coefficient (Wildman–Crippen LogP) is 2.18. The van der Waals surface area contributed by atoms with E-state index in [1.54, 1.807) is 12.1 Å². The highest BCUT2D eigenvalue weighted by molar-refractivity contribution is 5.73. The average molecular weight is 266 g/mol. The summed E-state index contributed by atoms with van der Waals surface area (Å²) in [5, 5.41) is 22.6. The maximum Gasteiger partial charge on any atom is 0.320 e. The molecule has 6 nitrogen and oxygen atoms in total. The molecule has 0 unspecified atom stereocenters. The summed E-state index contributed by atoms with van der Waals surface area (Å²) in [6.07, 6.45) is 0.768. The van der Waals surface area contributed by atoms with E-state index >= 15 is 0 Å². The highest BCUT2D eigenvalue weighted by atomic mass is 16.6. The Morgan fingerprint density at radius 3 is 2.42 bits per heavy atom. The van der Waals surface area contributed by atoms with Gasteiger partial charge in [-0.05, 0) is 11.5 Å². The van der Waals surface area contributed by atoms with Gasteiger partial charge in [-0.3, -0.25) is 14.9 Å². The summed E-state index contributed by atoms with van der Waals surface area (Å²) in [4.78, 5) is 21.2. The van der Waals surface area contributed by atoms with Crippen molar-refractivity contribution in [3.8, 4) is 0 Å². The fourth-order valence-corrected chi connectivity index (χ4v) is 1.73. The van der Waals surface area contributed by atoms with E-state index in [1.165, 1.54) is 12.1 Å². The van der Waals surface area contributed by atoms with Gasteiger partial charge in [0.2, 0.25) is 0 Å². The SMILES string of the molecule is CC[C@H](C)[C@H](NCc1ccc([N+](=O)[O-])cc1)C(=O)O. The molecule has 0 fully saturated rings. The molecule has 0 amide bonds. The summed E-state index contributed by atoms with van der Waals surface area (Å²) >= 11 is 0. The molecule has 0 spiro atoms. The smallest absolute Gasteiger partial charge is 0.320 e. The van der Waals surface area contributed by atoms with Crippen LogP contribution in [0.25, 0.3) is 0 Å². The van der Waals surface area contributed by atoms with Gasteiger partial charge in [0.05, 0.1) is 4.92 Å². The van der Waals surface area contributed by atoms with Gasteiger partial charge in [-0.2, -0.15) is 0 Å². The number of aliphatic carboxylic acids is 1. The fraction of sp³-hybridized carbons (Fsp3) is 0.462. The lowest BCUT2D eigenvalue weighted by Gasteiger charge is -2.20. The second-order valence-corrected chi connectivity index (χ2v) is 4.51. The number of nitro benzene ring substituents is 1. The molecule has 0 aliphatic heterocycles. The minimum absolute atomic E-state index is 0.0237. The zero-order valence-corrected chi connectivity index (χ0v) is 11.0. The number of hydrogen-bond acceptors (Lipinski definition) is 4. The number of carboxylic acid groups (broad SMARTS) is 1. The van der Waals surface area contributed by atoms with Crippen molar-refractivity contribution < 1.29 is 14.8 Å². The lowest BCUT2D eigenvalue weighted by molar-refractivity contribution is -0.384. The summed E-state index contributed by atoms with van der Waals surface area (Å²) in [6.45, 7) is 4.19. The molecule has 0 aliphatic rings. The Morgan fingerprint density at radius 2 is 2.00 bits per heavy atom. The van der Waals surface area contributed by atoms with Gasteiger partial charge in [-0.15, -0.1) is 0 Å². The number of nitro groups is 1. The van der Waals surface area contributed by atoms with Crippen molar-refractivity contribution in [1.82, 2.24) is 5.32 Å². The van der Waals surface area contributed by atoms with E-state index in [0.717, 1.165) is 12.0 Å². The first-order valence-electron chi connectivity index (χ1n) is 6.15. The van der Waals surface area contributed by atoms with Crippen LogP contribution in [0.15, 0.2) is 24.3 Å². The Balaban J connectivity index is 2.64. The van der Waals surface area contributed by atoms with Crippen LogP contribution < -0.4 is 5.32 Å². The van der Waals surface area contributed by atoms with Crippen molar-refractivity contribution in [2.24, 2.45) is 5.92 Å². The number of non-ortho nitro benzene ring substituents is 1. The topological polar surface area (TPSA) is 92.5 Å². The van der Waals surface area contributed by atoms with E-state index in [1.807, 2.05) is 13.8 Å². The van der Waals surface area contributed by atoms with Crippen molar-refractivity contribution in [1.29, 1.82) is 0 Å². The van der Waals surface area contributed by atoms with Gasteiger partial charge in [0.15, 0.2) is 0 Å². The Kier molecular flexibility index (Phi) is 5.44. The Labute approximate surface area is 111 Å². The zero-order valence-electron chi connectivity index (χ0n) is 11.0. The maximum atomic E-state index is 11.1. The fourth-order valence-electron chi connectivity index (χ4n) is 1.73. The third-order valence-corrected chi connectivity index (χ3v) is 3.15. The van der Waals surface area contributed by atoms with Crippen LogP contribution in [0.3, 0.4) is 0 Å². The standard InChI is InChI=1S/C13H18N2O4/c1-3-9(2)12(13(16)17)14-8-10-4-6-11(7-5-10)15(18)19/h4-7,9,12,14H,3,8H2,1-2H3,(H,16,17)/t9-,12-/m0/s1. The van der Waals surface area contributed by atoms with E-state index in [9.17, 15) is 14.9 Å². The van der Waals surface area contributed by atoms with Gasteiger partial charge >= 0.3 is 5.97 Å². The van der Waals surface area contributed by atoms with Crippen molar-refractivity contribution in [3.05, 3.63) is 39.9 Å². The summed E-state index contributed by atoms with van der Waals surface area (Å²) in [6, 6.07) is 5.47.